The molecule has 5 nitrogen and oxygen atoms in total. The van der Waals surface area contributed by atoms with Crippen LogP contribution in [0.3, 0.4) is 0 Å². The fourth-order valence-corrected chi connectivity index (χ4v) is 15.9. The molecule has 0 saturated carbocycles. The number of ether oxygens (including phenoxy) is 1. The van der Waals surface area contributed by atoms with E-state index in [0.717, 1.165) is 60.7 Å². The van der Waals surface area contributed by atoms with Gasteiger partial charge < -0.3 is 4.74 Å². The Bertz CT molecular complexity index is 4430. The number of aromatic nitrogens is 4. The summed E-state index contributed by atoms with van der Waals surface area (Å²) in [4.78, 5) is 4.89. The average Bonchev–Trinajstić information content (AvgIpc) is 4.27. The molecule has 0 saturated heterocycles. The van der Waals surface area contributed by atoms with Crippen LogP contribution in [0.4, 0.5) is 0 Å². The second-order valence-corrected chi connectivity index (χ2v) is 24.0. The summed E-state index contributed by atoms with van der Waals surface area (Å²) in [5.74, 6) is 2.10. The Balaban J connectivity index is 0.988. The van der Waals surface area contributed by atoms with Crippen LogP contribution in [-0.2, 0) is 5.41 Å². The minimum absolute atomic E-state index is 0.0666. The number of para-hydroxylation sites is 4. The summed E-state index contributed by atoms with van der Waals surface area (Å²) >= 11 is 0. The maximum atomic E-state index is 9.38. The van der Waals surface area contributed by atoms with E-state index in [9.17, 15) is 2.74 Å². The van der Waals surface area contributed by atoms with Gasteiger partial charge in [-0.05, 0) is 103 Å². The van der Waals surface area contributed by atoms with Gasteiger partial charge in [0.05, 0.1) is 40.3 Å². The molecule has 13 aromatic rings. The van der Waals surface area contributed by atoms with Crippen LogP contribution in [0.5, 0.6) is 11.5 Å². The van der Waals surface area contributed by atoms with Crippen molar-refractivity contribution >= 4 is 61.7 Å². The SMILES string of the molecule is [2H]c1c([2H])c([2H])c(-c2cccc(-c3cccc([Si](c4ccccc4)(c4ccccc4)c4ccccc4)c3)c2-[n+]2[c-]n(-c3cccc(Oc4ccc5c6ccccc6n(-c6cc(C(C)(C)C)ccn6)c5c4)c3)c3ccccc32)c([2H])c1[2H]. The van der Waals surface area contributed by atoms with Crippen molar-refractivity contribution in [1.82, 2.24) is 14.1 Å². The predicted molar refractivity (Wildman–Crippen MR) is 315 cm³/mol. The molecule has 0 aliphatic rings. The zero-order chi connectivity index (χ0) is 55.6. The molecular formula is C70H54N4OSi. The molecule has 0 amide bonds. The molecule has 0 bridgehead atoms. The highest BCUT2D eigenvalue weighted by molar-refractivity contribution is 7.19. The number of benzene rings is 10. The molecule has 0 aliphatic carbocycles. The van der Waals surface area contributed by atoms with Crippen LogP contribution in [0, 0.1) is 6.33 Å². The molecule has 0 spiro atoms. The molecule has 10 aromatic carbocycles. The van der Waals surface area contributed by atoms with Crippen LogP contribution in [0.1, 0.15) is 33.2 Å². The summed E-state index contributed by atoms with van der Waals surface area (Å²) in [6.45, 7) is 6.63. The molecule has 0 aliphatic heterocycles. The van der Waals surface area contributed by atoms with Gasteiger partial charge in [-0.25, -0.2) is 4.98 Å². The molecule has 0 unspecified atom stereocenters. The molecule has 0 radical (unpaired) electrons. The van der Waals surface area contributed by atoms with E-state index in [1.54, 1.807) is 0 Å². The molecule has 0 N–H and O–H groups in total. The lowest BCUT2D eigenvalue weighted by Crippen LogP contribution is -2.74. The van der Waals surface area contributed by atoms with E-state index in [1.807, 2.05) is 82.1 Å². The largest absolute Gasteiger partial charge is 0.458 e. The summed E-state index contributed by atoms with van der Waals surface area (Å²) in [6.07, 6.45) is 5.62. The Morgan fingerprint density at radius 2 is 1.09 bits per heavy atom. The molecule has 3 aromatic heterocycles. The number of nitrogens with zero attached hydrogens (tertiary/aromatic N) is 4. The Morgan fingerprint density at radius 1 is 0.500 bits per heavy atom. The smallest absolute Gasteiger partial charge is 0.269 e. The summed E-state index contributed by atoms with van der Waals surface area (Å²) in [5, 5.41) is 7.06. The van der Waals surface area contributed by atoms with Crippen LogP contribution >= 0.6 is 0 Å². The number of hydrogen-bond acceptors (Lipinski definition) is 2. The monoisotopic (exact) mass is 999 g/mol. The first-order chi connectivity index (χ1) is 39.4. The van der Waals surface area contributed by atoms with Gasteiger partial charge in [-0.15, -0.1) is 0 Å². The Kier molecular flexibility index (Phi) is 10.3. The van der Waals surface area contributed by atoms with Crippen LogP contribution in [0.15, 0.2) is 273 Å². The van der Waals surface area contributed by atoms with Gasteiger partial charge in [0.2, 0.25) is 0 Å². The minimum Gasteiger partial charge on any atom is -0.458 e. The van der Waals surface area contributed by atoms with E-state index in [1.165, 1.54) is 21.1 Å². The van der Waals surface area contributed by atoms with Crippen molar-refractivity contribution in [2.24, 2.45) is 0 Å². The van der Waals surface area contributed by atoms with Gasteiger partial charge in [0.1, 0.15) is 17.3 Å². The maximum Gasteiger partial charge on any atom is 0.269 e. The number of hydrogen-bond donors (Lipinski definition) is 0. The highest BCUT2D eigenvalue weighted by Gasteiger charge is 2.41. The Hall–Kier alpha value is -9.36. The maximum absolute atomic E-state index is 9.38. The Morgan fingerprint density at radius 3 is 1.80 bits per heavy atom. The predicted octanol–water partition coefficient (Wildman–Crippen LogP) is 14.0. The van der Waals surface area contributed by atoms with Crippen LogP contribution in [-0.4, -0.2) is 22.2 Å². The van der Waals surface area contributed by atoms with Crippen molar-refractivity contribution in [3.8, 4) is 50.9 Å². The first kappa shape index (κ1) is 41.0. The molecule has 3 heterocycles. The van der Waals surface area contributed by atoms with E-state index in [2.05, 4.69) is 202 Å². The highest BCUT2D eigenvalue weighted by Crippen LogP contribution is 2.38. The topological polar surface area (TPSA) is 35.9 Å². The lowest BCUT2D eigenvalue weighted by molar-refractivity contribution is -0.571. The van der Waals surface area contributed by atoms with Crippen LogP contribution < -0.4 is 30.1 Å². The van der Waals surface area contributed by atoms with Crippen molar-refractivity contribution in [3.05, 3.63) is 285 Å². The van der Waals surface area contributed by atoms with E-state index in [4.69, 9.17) is 13.8 Å². The minimum atomic E-state index is -3.01. The molecule has 364 valence electrons. The van der Waals surface area contributed by atoms with Gasteiger partial charge in [-0.3, -0.25) is 13.7 Å². The Labute approximate surface area is 451 Å². The fourth-order valence-electron chi connectivity index (χ4n) is 11.1. The van der Waals surface area contributed by atoms with Crippen molar-refractivity contribution < 1.29 is 16.2 Å². The third-order valence-electron chi connectivity index (χ3n) is 14.6. The second kappa shape index (κ2) is 19.2. The van der Waals surface area contributed by atoms with E-state index < -0.39 is 26.2 Å². The first-order valence-electron chi connectivity index (χ1n) is 28.1. The van der Waals surface area contributed by atoms with Gasteiger partial charge >= 0.3 is 0 Å². The van der Waals surface area contributed by atoms with Crippen molar-refractivity contribution in [2.45, 2.75) is 26.2 Å². The number of rotatable bonds is 11. The van der Waals surface area contributed by atoms with Gasteiger partial charge in [0.25, 0.3) is 6.33 Å². The molecule has 0 fully saturated rings. The molecule has 0 atom stereocenters. The van der Waals surface area contributed by atoms with Gasteiger partial charge in [-0.2, -0.15) is 0 Å². The highest BCUT2D eigenvalue weighted by atomic mass is 28.3. The summed E-state index contributed by atoms with van der Waals surface area (Å²) in [5.41, 5.74) is 8.36. The third-order valence-corrected chi connectivity index (χ3v) is 19.4. The van der Waals surface area contributed by atoms with Gasteiger partial charge in [-0.1, -0.05) is 233 Å². The quantitative estimate of drug-likeness (QED) is 0.0560. The fraction of sp³-hybridized carbons (Fsp3) is 0.0571. The van der Waals surface area contributed by atoms with E-state index in [0.29, 0.717) is 22.7 Å². The third kappa shape index (κ3) is 8.11. The van der Waals surface area contributed by atoms with Crippen molar-refractivity contribution in [3.63, 3.8) is 0 Å². The lowest BCUT2D eigenvalue weighted by Gasteiger charge is -2.34. The van der Waals surface area contributed by atoms with Crippen molar-refractivity contribution in [2.75, 3.05) is 0 Å². The zero-order valence-electron chi connectivity index (χ0n) is 47.3. The van der Waals surface area contributed by atoms with Gasteiger partial charge in [0, 0.05) is 23.0 Å². The van der Waals surface area contributed by atoms with Gasteiger partial charge in [0.15, 0.2) is 8.07 Å². The lowest BCUT2D eigenvalue weighted by atomic mass is 9.88. The van der Waals surface area contributed by atoms with Crippen LogP contribution in [0.25, 0.3) is 72.3 Å². The summed E-state index contributed by atoms with van der Waals surface area (Å²) < 4.78 is 58.1. The second-order valence-electron chi connectivity index (χ2n) is 20.2. The van der Waals surface area contributed by atoms with E-state index in [-0.39, 0.29) is 23.1 Å². The summed E-state index contributed by atoms with van der Waals surface area (Å²) in [6, 6.07) is 79.9. The summed E-state index contributed by atoms with van der Waals surface area (Å²) in [7, 11) is -3.01. The van der Waals surface area contributed by atoms with Crippen LogP contribution in [0.2, 0.25) is 0 Å². The normalized spacial score (nSPS) is 12.8. The van der Waals surface area contributed by atoms with E-state index >= 15 is 0 Å². The number of pyridine rings is 1. The standard InChI is InChI=1S/C70H54N4OSi/c1-70(2,3)52-43-44-71-68(46-52)74-64-38-17-16-35-62(64)63-42-41-55(48-67(63)74)75-54-27-21-26-53(47-54)72-49-73(66-40-19-18-39-65(66)72)69-60(50-23-8-4-9-24-50)36-22-37-61(69)51-25-20-34-59(45-51)76(56-28-10-5-11-29-56,57-30-12-6-13-31-57)58-32-14-7-15-33-58/h4-48H,1-3H3/i4D,8D,9D,23D,24D. The molecule has 13 rings (SSSR count). The molecular weight excluding hydrogens is 941 g/mol. The molecule has 76 heavy (non-hydrogen) atoms. The first-order valence-corrected chi connectivity index (χ1v) is 27.6. The zero-order valence-corrected chi connectivity index (χ0v) is 43.3. The number of fused-ring (bicyclic) bond motifs is 4. The molecule has 6 heteroatoms. The average molecular weight is 1000 g/mol. The van der Waals surface area contributed by atoms with Crippen molar-refractivity contribution in [1.29, 1.82) is 0 Å². The number of imidazole rings is 1.